The number of methoxy groups -OCH3 is 1. The number of nitrogens with one attached hydrogen (secondary N) is 2. The molecule has 130 valence electrons. The van der Waals surface area contributed by atoms with Crippen LogP contribution in [-0.2, 0) is 10.2 Å². The van der Waals surface area contributed by atoms with Crippen LogP contribution in [-0.4, -0.2) is 39.3 Å². The second-order valence-electron chi connectivity index (χ2n) is 6.28. The first-order chi connectivity index (χ1) is 10.7. The van der Waals surface area contributed by atoms with E-state index < -0.39 is 0 Å². The predicted octanol–water partition coefficient (Wildman–Crippen LogP) is 3.32. The van der Waals surface area contributed by atoms with Crippen molar-refractivity contribution in [3.63, 3.8) is 0 Å². The summed E-state index contributed by atoms with van der Waals surface area (Å²) in [6.07, 6.45) is 5.11. The summed E-state index contributed by atoms with van der Waals surface area (Å²) in [5.41, 5.74) is 1.68. The van der Waals surface area contributed by atoms with Gasteiger partial charge < -0.3 is 15.4 Å². The Hall–Kier alpha value is -0.820. The Bertz CT molecular complexity index is 472. The van der Waals surface area contributed by atoms with Crippen LogP contribution in [0.3, 0.4) is 0 Å². The minimum absolute atomic E-state index is 0. The van der Waals surface area contributed by atoms with Gasteiger partial charge in [-0.1, -0.05) is 43.2 Å². The number of halogens is 1. The molecule has 1 atom stereocenters. The minimum Gasteiger partial charge on any atom is -0.383 e. The van der Waals surface area contributed by atoms with E-state index in [2.05, 4.69) is 52.9 Å². The molecule has 0 heterocycles. The van der Waals surface area contributed by atoms with Crippen molar-refractivity contribution < 1.29 is 4.74 Å². The van der Waals surface area contributed by atoms with Crippen LogP contribution < -0.4 is 10.6 Å². The summed E-state index contributed by atoms with van der Waals surface area (Å²) in [5.74, 6) is 0.853. The molecule has 0 radical (unpaired) electrons. The van der Waals surface area contributed by atoms with E-state index in [9.17, 15) is 0 Å². The van der Waals surface area contributed by atoms with Crippen LogP contribution in [0.15, 0.2) is 35.3 Å². The lowest BCUT2D eigenvalue weighted by Crippen LogP contribution is -2.48. The van der Waals surface area contributed by atoms with Crippen LogP contribution in [0.25, 0.3) is 0 Å². The lowest BCUT2D eigenvalue weighted by Gasteiger charge is -2.31. The molecule has 2 N–H and O–H groups in total. The van der Waals surface area contributed by atoms with Crippen LogP contribution >= 0.6 is 24.0 Å². The normalized spacial score (nSPS) is 18.1. The van der Waals surface area contributed by atoms with Crippen molar-refractivity contribution in [3.05, 3.63) is 35.9 Å². The molecule has 0 amide bonds. The third-order valence-corrected chi connectivity index (χ3v) is 4.56. The molecule has 0 spiro atoms. The smallest absolute Gasteiger partial charge is 0.191 e. The number of aliphatic imine (C=N–C) groups is 1. The highest BCUT2D eigenvalue weighted by molar-refractivity contribution is 14.0. The minimum atomic E-state index is 0. The Balaban J connectivity index is 0.00000264. The van der Waals surface area contributed by atoms with E-state index in [1.54, 1.807) is 7.11 Å². The van der Waals surface area contributed by atoms with Gasteiger partial charge in [0.25, 0.3) is 0 Å². The molecule has 1 fully saturated rings. The monoisotopic (exact) mass is 431 g/mol. The molecule has 0 aliphatic heterocycles. The molecule has 23 heavy (non-hydrogen) atoms. The predicted molar refractivity (Wildman–Crippen MR) is 108 cm³/mol. The number of benzene rings is 1. The van der Waals surface area contributed by atoms with Gasteiger partial charge in [-0.15, -0.1) is 24.0 Å². The Morgan fingerprint density at radius 2 is 1.91 bits per heavy atom. The zero-order valence-electron chi connectivity index (χ0n) is 14.5. The van der Waals surface area contributed by atoms with E-state index in [0.717, 1.165) is 12.5 Å². The zero-order chi connectivity index (χ0) is 15.8. The number of guanidine groups is 1. The van der Waals surface area contributed by atoms with Crippen molar-refractivity contribution in [2.75, 3.05) is 27.3 Å². The molecule has 1 aliphatic rings. The topological polar surface area (TPSA) is 45.7 Å². The largest absolute Gasteiger partial charge is 0.383 e. The lowest BCUT2D eigenvalue weighted by atomic mass is 9.79. The van der Waals surface area contributed by atoms with E-state index in [0.29, 0.717) is 6.61 Å². The summed E-state index contributed by atoms with van der Waals surface area (Å²) < 4.78 is 5.17. The molecule has 5 heteroatoms. The molecule has 0 bridgehead atoms. The van der Waals surface area contributed by atoms with E-state index in [1.165, 1.54) is 31.2 Å². The van der Waals surface area contributed by atoms with Gasteiger partial charge in [-0.3, -0.25) is 4.99 Å². The van der Waals surface area contributed by atoms with E-state index in [1.807, 2.05) is 7.05 Å². The van der Waals surface area contributed by atoms with Crippen LogP contribution in [0.5, 0.6) is 0 Å². The second kappa shape index (κ2) is 10.1. The van der Waals surface area contributed by atoms with Crippen LogP contribution in [0, 0.1) is 0 Å². The van der Waals surface area contributed by atoms with E-state index in [-0.39, 0.29) is 35.4 Å². The van der Waals surface area contributed by atoms with Crippen molar-refractivity contribution in [1.82, 2.24) is 10.6 Å². The van der Waals surface area contributed by atoms with Gasteiger partial charge in [0, 0.05) is 32.2 Å². The fraction of sp³-hybridized carbons (Fsp3) is 0.611. The van der Waals surface area contributed by atoms with Gasteiger partial charge in [0.1, 0.15) is 0 Å². The van der Waals surface area contributed by atoms with E-state index >= 15 is 0 Å². The van der Waals surface area contributed by atoms with Gasteiger partial charge in [0.05, 0.1) is 6.61 Å². The highest BCUT2D eigenvalue weighted by atomic mass is 127. The van der Waals surface area contributed by atoms with Crippen molar-refractivity contribution >= 4 is 29.9 Å². The highest BCUT2D eigenvalue weighted by Crippen LogP contribution is 2.40. The van der Waals surface area contributed by atoms with Gasteiger partial charge in [-0.05, 0) is 25.3 Å². The molecule has 1 aromatic carbocycles. The average Bonchev–Trinajstić information content (AvgIpc) is 3.02. The van der Waals surface area contributed by atoms with Crippen LogP contribution in [0.1, 0.15) is 38.2 Å². The molecule has 1 aliphatic carbocycles. The molecular weight excluding hydrogens is 401 g/mol. The molecule has 2 rings (SSSR count). The first-order valence-electron chi connectivity index (χ1n) is 8.22. The number of rotatable bonds is 6. The van der Waals surface area contributed by atoms with Gasteiger partial charge in [-0.25, -0.2) is 0 Å². The van der Waals surface area contributed by atoms with E-state index in [4.69, 9.17) is 4.74 Å². The summed E-state index contributed by atoms with van der Waals surface area (Å²) >= 11 is 0. The summed E-state index contributed by atoms with van der Waals surface area (Å²) in [5, 5.41) is 6.90. The Labute approximate surface area is 157 Å². The third kappa shape index (κ3) is 5.64. The van der Waals surface area contributed by atoms with Crippen molar-refractivity contribution in [2.45, 2.75) is 44.1 Å². The Kier molecular flexibility index (Phi) is 8.91. The van der Waals surface area contributed by atoms with Gasteiger partial charge in [0.2, 0.25) is 0 Å². The van der Waals surface area contributed by atoms with Crippen molar-refractivity contribution in [1.29, 1.82) is 0 Å². The molecule has 4 nitrogen and oxygen atoms in total. The molecule has 1 unspecified atom stereocenters. The van der Waals surface area contributed by atoms with Crippen molar-refractivity contribution in [3.8, 4) is 0 Å². The van der Waals surface area contributed by atoms with Crippen molar-refractivity contribution in [2.24, 2.45) is 4.99 Å². The summed E-state index contributed by atoms with van der Waals surface area (Å²) in [4.78, 5) is 4.33. The van der Waals surface area contributed by atoms with Gasteiger partial charge in [-0.2, -0.15) is 0 Å². The summed E-state index contributed by atoms with van der Waals surface area (Å²) in [6, 6.07) is 11.1. The number of nitrogens with zero attached hydrogens (tertiary/aromatic N) is 1. The SMILES string of the molecule is CN=C(NCC1(c2ccccc2)CCCC1)NC(C)COC.I. The summed E-state index contributed by atoms with van der Waals surface area (Å²) in [7, 11) is 3.54. The number of hydrogen-bond donors (Lipinski definition) is 2. The Morgan fingerprint density at radius 1 is 1.26 bits per heavy atom. The van der Waals surface area contributed by atoms with Crippen LogP contribution in [0.2, 0.25) is 0 Å². The quantitative estimate of drug-likeness (QED) is 0.413. The molecule has 1 aromatic rings. The van der Waals surface area contributed by atoms with Crippen LogP contribution in [0.4, 0.5) is 0 Å². The Morgan fingerprint density at radius 3 is 2.48 bits per heavy atom. The maximum Gasteiger partial charge on any atom is 0.191 e. The average molecular weight is 431 g/mol. The number of ether oxygens (including phenoxy) is 1. The van der Waals surface area contributed by atoms with Gasteiger partial charge in [0.15, 0.2) is 5.96 Å². The maximum atomic E-state index is 5.17. The fourth-order valence-electron chi connectivity index (χ4n) is 3.38. The maximum absolute atomic E-state index is 5.17. The first kappa shape index (κ1) is 20.2. The lowest BCUT2D eigenvalue weighted by molar-refractivity contribution is 0.179. The van der Waals surface area contributed by atoms with Gasteiger partial charge >= 0.3 is 0 Å². The standard InChI is InChI=1S/C18H29N3O.HI/c1-15(13-22-3)21-17(19-2)20-14-18(11-7-8-12-18)16-9-5-4-6-10-16;/h4-6,9-10,15H,7-8,11-14H2,1-3H3,(H2,19,20,21);1H. The third-order valence-electron chi connectivity index (χ3n) is 4.56. The summed E-state index contributed by atoms with van der Waals surface area (Å²) in [6.45, 7) is 3.69. The first-order valence-corrected chi connectivity index (χ1v) is 8.22. The molecular formula is C18H30IN3O. The fourth-order valence-corrected chi connectivity index (χ4v) is 3.38. The number of hydrogen-bond acceptors (Lipinski definition) is 2. The zero-order valence-corrected chi connectivity index (χ0v) is 16.8. The molecule has 0 aromatic heterocycles. The molecule has 0 saturated heterocycles. The second-order valence-corrected chi connectivity index (χ2v) is 6.28. The molecule has 1 saturated carbocycles. The highest BCUT2D eigenvalue weighted by Gasteiger charge is 2.35.